The van der Waals surface area contributed by atoms with Crippen molar-refractivity contribution in [2.45, 2.75) is 12.8 Å². The van der Waals surface area contributed by atoms with E-state index in [-0.39, 0.29) is 19.4 Å². The van der Waals surface area contributed by atoms with E-state index in [0.717, 1.165) is 0 Å². The minimum Gasteiger partial charge on any atom is -0.502 e. The van der Waals surface area contributed by atoms with Crippen molar-refractivity contribution in [3.05, 3.63) is 12.8 Å². The molecule has 0 amide bonds. The number of hydrogen-bond donors (Lipinski definition) is 2. The maximum atomic E-state index is 10.5. The highest BCUT2D eigenvalue weighted by Crippen LogP contribution is 2.09. The van der Waals surface area contributed by atoms with Gasteiger partial charge < -0.3 is 14.9 Å². The molecule has 0 aliphatic heterocycles. The number of ether oxygens (including phenoxy) is 1. The monoisotopic (exact) mass is 188 g/mol. The molecule has 0 aliphatic carbocycles. The molecular formula is C8H12O5. The van der Waals surface area contributed by atoms with Crippen LogP contribution in [0.4, 0.5) is 0 Å². The molecule has 1 atom stereocenters. The van der Waals surface area contributed by atoms with E-state index in [1.807, 2.05) is 0 Å². The summed E-state index contributed by atoms with van der Waals surface area (Å²) in [4.78, 5) is 20.7. The van der Waals surface area contributed by atoms with Crippen LogP contribution in [0.5, 0.6) is 0 Å². The number of aliphatic carboxylic acids is 2. The molecule has 0 aromatic heterocycles. The first-order valence-corrected chi connectivity index (χ1v) is 3.75. The molecule has 0 rings (SSSR count). The fourth-order valence-electron chi connectivity index (χ4n) is 0.817. The number of carboxylic acid groups (broad SMARTS) is 2. The van der Waals surface area contributed by atoms with Gasteiger partial charge in [-0.2, -0.15) is 0 Å². The summed E-state index contributed by atoms with van der Waals surface area (Å²) >= 11 is 0. The highest BCUT2D eigenvalue weighted by molar-refractivity contribution is 5.77. The third-order valence-corrected chi connectivity index (χ3v) is 1.47. The van der Waals surface area contributed by atoms with E-state index in [9.17, 15) is 9.59 Å². The van der Waals surface area contributed by atoms with Crippen molar-refractivity contribution in [2.75, 3.05) is 6.61 Å². The number of rotatable bonds is 7. The largest absolute Gasteiger partial charge is 0.502 e. The second-order valence-corrected chi connectivity index (χ2v) is 2.46. The Balaban J connectivity index is 3.87. The molecule has 0 saturated heterocycles. The summed E-state index contributed by atoms with van der Waals surface area (Å²) < 4.78 is 4.70. The third-order valence-electron chi connectivity index (χ3n) is 1.47. The standard InChI is InChI=1S/C8H12O5/c1-2-13-4-3-6(8(11)12)5-7(9)10/h2,6H,1,3-5H2,(H,9,10)(H,11,12). The first kappa shape index (κ1) is 11.5. The normalized spacial score (nSPS) is 11.7. The fourth-order valence-corrected chi connectivity index (χ4v) is 0.817. The molecule has 74 valence electrons. The topological polar surface area (TPSA) is 83.8 Å². The molecule has 13 heavy (non-hydrogen) atoms. The summed E-state index contributed by atoms with van der Waals surface area (Å²) in [6.45, 7) is 3.45. The van der Waals surface area contributed by atoms with Gasteiger partial charge in [0.1, 0.15) is 0 Å². The molecule has 0 aromatic carbocycles. The van der Waals surface area contributed by atoms with Gasteiger partial charge in [0, 0.05) is 0 Å². The van der Waals surface area contributed by atoms with Crippen LogP contribution in [-0.4, -0.2) is 28.8 Å². The fraction of sp³-hybridized carbons (Fsp3) is 0.500. The average molecular weight is 188 g/mol. The zero-order chi connectivity index (χ0) is 10.3. The van der Waals surface area contributed by atoms with Gasteiger partial charge in [-0.05, 0) is 6.42 Å². The lowest BCUT2D eigenvalue weighted by molar-refractivity contribution is -0.148. The first-order chi connectivity index (χ1) is 6.07. The van der Waals surface area contributed by atoms with Gasteiger partial charge in [0.05, 0.1) is 25.2 Å². The number of carbonyl (C=O) groups is 2. The Bertz CT molecular complexity index is 199. The SMILES string of the molecule is C=COCCC(CC(=O)O)C(=O)O. The van der Waals surface area contributed by atoms with Crippen molar-refractivity contribution >= 4 is 11.9 Å². The van der Waals surface area contributed by atoms with Crippen molar-refractivity contribution in [3.63, 3.8) is 0 Å². The first-order valence-electron chi connectivity index (χ1n) is 3.75. The molecule has 5 nitrogen and oxygen atoms in total. The molecule has 2 N–H and O–H groups in total. The summed E-state index contributed by atoms with van der Waals surface area (Å²) in [5, 5.41) is 16.9. The van der Waals surface area contributed by atoms with Gasteiger partial charge in [0.15, 0.2) is 0 Å². The Hall–Kier alpha value is -1.52. The Morgan fingerprint density at radius 3 is 2.46 bits per heavy atom. The zero-order valence-electron chi connectivity index (χ0n) is 7.10. The lowest BCUT2D eigenvalue weighted by atomic mass is 10.0. The van der Waals surface area contributed by atoms with Crippen LogP contribution in [0.1, 0.15) is 12.8 Å². The van der Waals surface area contributed by atoms with Crippen molar-refractivity contribution in [1.82, 2.24) is 0 Å². The van der Waals surface area contributed by atoms with Crippen LogP contribution in [0.15, 0.2) is 12.8 Å². The van der Waals surface area contributed by atoms with E-state index < -0.39 is 17.9 Å². The summed E-state index contributed by atoms with van der Waals surface area (Å²) in [6, 6.07) is 0. The second-order valence-electron chi connectivity index (χ2n) is 2.46. The highest BCUT2D eigenvalue weighted by Gasteiger charge is 2.20. The van der Waals surface area contributed by atoms with Crippen LogP contribution >= 0.6 is 0 Å². The highest BCUT2D eigenvalue weighted by atomic mass is 16.5. The van der Waals surface area contributed by atoms with Crippen LogP contribution in [0.25, 0.3) is 0 Å². The van der Waals surface area contributed by atoms with Gasteiger partial charge in [-0.25, -0.2) is 0 Å². The maximum Gasteiger partial charge on any atom is 0.307 e. The van der Waals surface area contributed by atoms with E-state index in [0.29, 0.717) is 0 Å². The van der Waals surface area contributed by atoms with Crippen LogP contribution in [-0.2, 0) is 14.3 Å². The molecule has 0 saturated carbocycles. The van der Waals surface area contributed by atoms with Gasteiger partial charge in [-0.1, -0.05) is 6.58 Å². The van der Waals surface area contributed by atoms with Crippen LogP contribution in [0.2, 0.25) is 0 Å². The quantitative estimate of drug-likeness (QED) is 0.454. The van der Waals surface area contributed by atoms with Crippen molar-refractivity contribution in [2.24, 2.45) is 5.92 Å². The van der Waals surface area contributed by atoms with Gasteiger partial charge in [-0.3, -0.25) is 9.59 Å². The van der Waals surface area contributed by atoms with Crippen molar-refractivity contribution < 1.29 is 24.5 Å². The predicted molar refractivity (Wildman–Crippen MR) is 44.1 cm³/mol. The van der Waals surface area contributed by atoms with Crippen LogP contribution in [0, 0.1) is 5.92 Å². The Morgan fingerprint density at radius 2 is 2.08 bits per heavy atom. The smallest absolute Gasteiger partial charge is 0.307 e. The van der Waals surface area contributed by atoms with Gasteiger partial charge in [0.2, 0.25) is 0 Å². The zero-order valence-corrected chi connectivity index (χ0v) is 7.10. The van der Waals surface area contributed by atoms with Crippen molar-refractivity contribution in [1.29, 1.82) is 0 Å². The van der Waals surface area contributed by atoms with Gasteiger partial charge in [0.25, 0.3) is 0 Å². The minimum absolute atomic E-state index is 0.174. The Morgan fingerprint density at radius 1 is 1.46 bits per heavy atom. The molecule has 0 spiro atoms. The second kappa shape index (κ2) is 6.05. The molecule has 5 heteroatoms. The van der Waals surface area contributed by atoms with Crippen molar-refractivity contribution in [3.8, 4) is 0 Å². The van der Waals surface area contributed by atoms with E-state index in [4.69, 9.17) is 14.9 Å². The lowest BCUT2D eigenvalue weighted by Crippen LogP contribution is -2.19. The van der Waals surface area contributed by atoms with Crippen LogP contribution in [0.3, 0.4) is 0 Å². The summed E-state index contributed by atoms with van der Waals surface area (Å²) in [5.41, 5.74) is 0. The third kappa shape index (κ3) is 5.72. The minimum atomic E-state index is -1.12. The lowest BCUT2D eigenvalue weighted by Gasteiger charge is -2.08. The average Bonchev–Trinajstić information content (AvgIpc) is 2.02. The number of carboxylic acids is 2. The molecular weight excluding hydrogens is 176 g/mol. The summed E-state index contributed by atoms with van der Waals surface area (Å²) in [5.74, 6) is -3.13. The Labute approximate surface area is 75.6 Å². The predicted octanol–water partition coefficient (Wildman–Crippen LogP) is 0.712. The molecule has 0 aliphatic rings. The van der Waals surface area contributed by atoms with Gasteiger partial charge in [-0.15, -0.1) is 0 Å². The molecule has 0 bridgehead atoms. The molecule has 0 heterocycles. The number of hydrogen-bond acceptors (Lipinski definition) is 3. The molecule has 1 unspecified atom stereocenters. The van der Waals surface area contributed by atoms with E-state index in [2.05, 4.69) is 6.58 Å². The molecule has 0 aromatic rings. The Kier molecular flexibility index (Phi) is 5.34. The van der Waals surface area contributed by atoms with Gasteiger partial charge >= 0.3 is 11.9 Å². The van der Waals surface area contributed by atoms with E-state index >= 15 is 0 Å². The summed E-state index contributed by atoms with van der Waals surface area (Å²) in [6.07, 6.45) is 0.989. The van der Waals surface area contributed by atoms with Crippen LogP contribution < -0.4 is 0 Å². The summed E-state index contributed by atoms with van der Waals surface area (Å²) in [7, 11) is 0. The maximum absolute atomic E-state index is 10.5. The molecule has 0 fully saturated rings. The van der Waals surface area contributed by atoms with E-state index in [1.165, 1.54) is 6.26 Å². The van der Waals surface area contributed by atoms with E-state index in [1.54, 1.807) is 0 Å². The molecule has 0 radical (unpaired) electrons.